The highest BCUT2D eigenvalue weighted by Gasteiger charge is 2.45. The van der Waals surface area contributed by atoms with Crippen LogP contribution in [0, 0.1) is 11.8 Å². The monoisotopic (exact) mass is 358 g/mol. The minimum Gasteiger partial charge on any atom is -0.357 e. The number of nitrogens with one attached hydrogen (secondary N) is 1. The molecule has 2 atom stereocenters. The van der Waals surface area contributed by atoms with Gasteiger partial charge in [0.25, 0.3) is 5.56 Å². The molecule has 0 radical (unpaired) electrons. The van der Waals surface area contributed by atoms with Gasteiger partial charge in [-0.1, -0.05) is 13.8 Å². The summed E-state index contributed by atoms with van der Waals surface area (Å²) in [5.41, 5.74) is -0.558. The van der Waals surface area contributed by atoms with Crippen molar-refractivity contribution >= 4 is 5.82 Å². The van der Waals surface area contributed by atoms with Crippen molar-refractivity contribution < 1.29 is 0 Å². The summed E-state index contributed by atoms with van der Waals surface area (Å²) in [4.78, 5) is 31.3. The molecule has 0 bridgehead atoms. The van der Waals surface area contributed by atoms with Gasteiger partial charge in [-0.3, -0.25) is 19.0 Å². The molecule has 140 valence electrons. The van der Waals surface area contributed by atoms with Crippen LogP contribution >= 0.6 is 0 Å². The lowest BCUT2D eigenvalue weighted by atomic mass is 9.91. The maximum atomic E-state index is 12.3. The van der Waals surface area contributed by atoms with Crippen molar-refractivity contribution in [3.8, 4) is 0 Å². The van der Waals surface area contributed by atoms with E-state index in [9.17, 15) is 9.59 Å². The minimum absolute atomic E-state index is 0.252. The molecule has 0 spiro atoms. The van der Waals surface area contributed by atoms with Crippen molar-refractivity contribution in [1.82, 2.24) is 24.3 Å². The van der Waals surface area contributed by atoms with Gasteiger partial charge in [-0.05, 0) is 24.7 Å². The highest BCUT2D eigenvalue weighted by Crippen LogP contribution is 2.47. The Morgan fingerprint density at radius 3 is 2.50 bits per heavy atom. The molecule has 1 N–H and O–H groups in total. The Balaban J connectivity index is 1.68. The third-order valence-corrected chi connectivity index (χ3v) is 5.80. The second-order valence-electron chi connectivity index (χ2n) is 7.99. The standard InChI is InChI=1S/C18H26N6O2/c1-10(2)16-19-17(21-20-16)13-9-24(8-12(13)11-5-6-11)14-7-15(25)23(4)18(26)22(14)3/h7,10-13H,5-6,8-9H2,1-4H3,(H,19,20,21)/t12-,13+/m1/s1. The van der Waals surface area contributed by atoms with Crippen molar-refractivity contribution in [3.63, 3.8) is 0 Å². The van der Waals surface area contributed by atoms with Gasteiger partial charge in [0.1, 0.15) is 11.6 Å². The Labute approximate surface area is 151 Å². The minimum atomic E-state index is -0.291. The van der Waals surface area contributed by atoms with E-state index in [1.54, 1.807) is 17.7 Å². The number of aromatic nitrogens is 5. The topological polar surface area (TPSA) is 88.8 Å². The highest BCUT2D eigenvalue weighted by atomic mass is 16.2. The molecule has 1 saturated heterocycles. The van der Waals surface area contributed by atoms with Crippen LogP contribution in [-0.4, -0.2) is 37.4 Å². The molecule has 8 heteroatoms. The third-order valence-electron chi connectivity index (χ3n) is 5.80. The fourth-order valence-corrected chi connectivity index (χ4v) is 4.04. The molecule has 1 aliphatic carbocycles. The van der Waals surface area contributed by atoms with Crippen LogP contribution in [0.4, 0.5) is 5.82 Å². The zero-order valence-electron chi connectivity index (χ0n) is 15.8. The van der Waals surface area contributed by atoms with E-state index in [-0.39, 0.29) is 23.1 Å². The smallest absolute Gasteiger partial charge is 0.332 e. The molecule has 1 aliphatic heterocycles. The zero-order chi connectivity index (χ0) is 18.6. The van der Waals surface area contributed by atoms with Gasteiger partial charge in [0.2, 0.25) is 0 Å². The second kappa shape index (κ2) is 6.10. The van der Waals surface area contributed by atoms with Crippen molar-refractivity contribution in [2.24, 2.45) is 25.9 Å². The Kier molecular flexibility index (Phi) is 4.00. The number of hydrogen-bond donors (Lipinski definition) is 1. The predicted molar refractivity (Wildman–Crippen MR) is 98.6 cm³/mol. The normalized spacial score (nSPS) is 23.2. The number of hydrogen-bond acceptors (Lipinski definition) is 5. The number of nitrogens with zero attached hydrogens (tertiary/aromatic N) is 5. The van der Waals surface area contributed by atoms with E-state index in [0.717, 1.165) is 29.3 Å². The molecular formula is C18H26N6O2. The van der Waals surface area contributed by atoms with Crippen LogP contribution in [0.5, 0.6) is 0 Å². The highest BCUT2D eigenvalue weighted by molar-refractivity contribution is 5.41. The molecular weight excluding hydrogens is 332 g/mol. The predicted octanol–water partition coefficient (Wildman–Crippen LogP) is 0.956. The lowest BCUT2D eigenvalue weighted by Gasteiger charge is -2.21. The van der Waals surface area contributed by atoms with Gasteiger partial charge in [0, 0.05) is 45.1 Å². The van der Waals surface area contributed by atoms with Gasteiger partial charge in [-0.2, -0.15) is 5.10 Å². The van der Waals surface area contributed by atoms with Crippen LogP contribution in [0.25, 0.3) is 0 Å². The molecule has 0 amide bonds. The van der Waals surface area contributed by atoms with E-state index in [1.807, 2.05) is 0 Å². The number of rotatable bonds is 4. The summed E-state index contributed by atoms with van der Waals surface area (Å²) in [6, 6.07) is 1.56. The first kappa shape index (κ1) is 17.1. The molecule has 2 aliphatic rings. The summed E-state index contributed by atoms with van der Waals surface area (Å²) in [7, 11) is 3.23. The molecule has 2 fully saturated rings. The lowest BCUT2D eigenvalue weighted by Crippen LogP contribution is -2.40. The summed E-state index contributed by atoms with van der Waals surface area (Å²) in [6.45, 7) is 5.76. The van der Waals surface area contributed by atoms with E-state index in [1.165, 1.54) is 19.9 Å². The van der Waals surface area contributed by atoms with Gasteiger partial charge in [0.15, 0.2) is 5.82 Å². The van der Waals surface area contributed by atoms with E-state index < -0.39 is 0 Å². The molecule has 8 nitrogen and oxygen atoms in total. The maximum absolute atomic E-state index is 12.3. The Hall–Kier alpha value is -2.38. The summed E-state index contributed by atoms with van der Waals surface area (Å²) in [5.74, 6) is 4.17. The Bertz CT molecular complexity index is 936. The van der Waals surface area contributed by atoms with Gasteiger partial charge in [-0.25, -0.2) is 9.78 Å². The molecule has 2 aromatic rings. The summed E-state index contributed by atoms with van der Waals surface area (Å²) in [5, 5.41) is 7.50. The fraction of sp³-hybridized carbons (Fsp3) is 0.667. The molecule has 3 heterocycles. The van der Waals surface area contributed by atoms with Gasteiger partial charge < -0.3 is 4.90 Å². The molecule has 4 rings (SSSR count). The Morgan fingerprint density at radius 2 is 1.88 bits per heavy atom. The van der Waals surface area contributed by atoms with Crippen LogP contribution < -0.4 is 16.1 Å². The van der Waals surface area contributed by atoms with Crippen molar-refractivity contribution in [2.45, 2.75) is 38.5 Å². The summed E-state index contributed by atoms with van der Waals surface area (Å²) < 4.78 is 2.70. The number of H-pyrrole nitrogens is 1. The molecule has 0 aromatic carbocycles. The van der Waals surface area contributed by atoms with Crippen molar-refractivity contribution in [3.05, 3.63) is 38.6 Å². The average molecular weight is 358 g/mol. The van der Waals surface area contributed by atoms with E-state index >= 15 is 0 Å². The van der Waals surface area contributed by atoms with Crippen molar-refractivity contribution in [1.29, 1.82) is 0 Å². The fourth-order valence-electron chi connectivity index (χ4n) is 4.04. The average Bonchev–Trinajstić information content (AvgIpc) is 3.17. The summed E-state index contributed by atoms with van der Waals surface area (Å²) >= 11 is 0. The van der Waals surface area contributed by atoms with E-state index in [2.05, 4.69) is 28.9 Å². The van der Waals surface area contributed by atoms with Crippen LogP contribution in [0.2, 0.25) is 0 Å². The van der Waals surface area contributed by atoms with E-state index in [4.69, 9.17) is 4.98 Å². The second-order valence-corrected chi connectivity index (χ2v) is 7.99. The largest absolute Gasteiger partial charge is 0.357 e. The molecule has 26 heavy (non-hydrogen) atoms. The van der Waals surface area contributed by atoms with Crippen LogP contribution in [0.15, 0.2) is 15.7 Å². The third kappa shape index (κ3) is 2.77. The lowest BCUT2D eigenvalue weighted by molar-refractivity contribution is 0.444. The SMILES string of the molecule is CC(C)c1n[nH]c([C@H]2CN(c3cc(=O)n(C)c(=O)n3C)C[C@@H]2C2CC2)n1. The summed E-state index contributed by atoms with van der Waals surface area (Å²) in [6.07, 6.45) is 2.49. The zero-order valence-corrected chi connectivity index (χ0v) is 15.8. The molecule has 0 unspecified atom stereocenters. The Morgan fingerprint density at radius 1 is 1.15 bits per heavy atom. The maximum Gasteiger partial charge on any atom is 0.332 e. The van der Waals surface area contributed by atoms with Crippen LogP contribution in [-0.2, 0) is 14.1 Å². The van der Waals surface area contributed by atoms with Gasteiger partial charge in [-0.15, -0.1) is 0 Å². The van der Waals surface area contributed by atoms with Crippen molar-refractivity contribution in [2.75, 3.05) is 18.0 Å². The van der Waals surface area contributed by atoms with Crippen LogP contribution in [0.3, 0.4) is 0 Å². The molecule has 2 aromatic heterocycles. The molecule has 1 saturated carbocycles. The van der Waals surface area contributed by atoms with Gasteiger partial charge >= 0.3 is 5.69 Å². The quantitative estimate of drug-likeness (QED) is 0.879. The number of aromatic amines is 1. The first-order valence-corrected chi connectivity index (χ1v) is 9.31. The first-order valence-electron chi connectivity index (χ1n) is 9.31. The number of anilines is 1. The van der Waals surface area contributed by atoms with Crippen LogP contribution in [0.1, 0.15) is 50.2 Å². The first-order chi connectivity index (χ1) is 12.4. The van der Waals surface area contributed by atoms with E-state index in [0.29, 0.717) is 17.7 Å². The van der Waals surface area contributed by atoms with Gasteiger partial charge in [0.05, 0.1) is 0 Å².